The van der Waals surface area contributed by atoms with Gasteiger partial charge in [-0.2, -0.15) is 0 Å². The van der Waals surface area contributed by atoms with E-state index >= 15 is 0 Å². The molecule has 2 aliphatic rings. The van der Waals surface area contributed by atoms with Crippen LogP contribution in [-0.4, -0.2) is 71.7 Å². The van der Waals surface area contributed by atoms with Gasteiger partial charge >= 0.3 is 0 Å². The molecule has 0 aliphatic carbocycles. The van der Waals surface area contributed by atoms with Crippen molar-refractivity contribution in [2.45, 2.75) is 58.7 Å². The van der Waals surface area contributed by atoms with Gasteiger partial charge < -0.3 is 15.4 Å². The number of aryl methyl sites for hydroxylation is 2. The molecular weight excluding hydrogens is 443 g/mol. The number of hydrogen-bond acceptors (Lipinski definition) is 7. The van der Waals surface area contributed by atoms with E-state index in [-0.39, 0.29) is 5.82 Å². The molecule has 0 bridgehead atoms. The van der Waals surface area contributed by atoms with Crippen molar-refractivity contribution >= 4 is 17.4 Å². The molecular formula is C27H39FN6O. The molecule has 2 N–H and O–H groups in total. The average molecular weight is 483 g/mol. The van der Waals surface area contributed by atoms with Crippen LogP contribution in [0.2, 0.25) is 0 Å². The van der Waals surface area contributed by atoms with Crippen molar-refractivity contribution in [3.8, 4) is 0 Å². The second-order valence-corrected chi connectivity index (χ2v) is 9.84. The molecule has 35 heavy (non-hydrogen) atoms. The molecule has 2 fully saturated rings. The predicted octanol–water partition coefficient (Wildman–Crippen LogP) is 4.00. The lowest BCUT2D eigenvalue weighted by Gasteiger charge is -2.48. The summed E-state index contributed by atoms with van der Waals surface area (Å²) in [4.78, 5) is 16.7. The number of halogens is 1. The lowest BCUT2D eigenvalue weighted by molar-refractivity contribution is 0.0607. The molecule has 2 aliphatic heterocycles. The van der Waals surface area contributed by atoms with E-state index in [4.69, 9.17) is 10.5 Å². The maximum atomic E-state index is 14.3. The number of hydrogen-bond donors (Lipinski definition) is 1. The number of likely N-dealkylation sites (tertiary alicyclic amines) is 1. The SMILES string of the molecule is C=C(OC)c1nc(C)c(N2CCN(C3CCN(Cc4ccc(C)cc4F)CC3)C(CC)C2)nc1N. The van der Waals surface area contributed by atoms with Gasteiger partial charge in [-0.05, 0) is 57.8 Å². The molecule has 0 radical (unpaired) electrons. The summed E-state index contributed by atoms with van der Waals surface area (Å²) in [5.41, 5.74) is 9.30. The molecule has 1 aromatic heterocycles. The Kier molecular flexibility index (Phi) is 7.91. The molecule has 190 valence electrons. The number of anilines is 2. The van der Waals surface area contributed by atoms with Gasteiger partial charge in [-0.1, -0.05) is 25.6 Å². The van der Waals surface area contributed by atoms with Crippen LogP contribution in [0, 0.1) is 19.7 Å². The Hall–Kier alpha value is -2.71. The van der Waals surface area contributed by atoms with Crippen molar-refractivity contribution in [1.29, 1.82) is 0 Å². The number of ether oxygens (including phenoxy) is 1. The first-order chi connectivity index (χ1) is 16.8. The molecule has 2 aromatic rings. The van der Waals surface area contributed by atoms with Crippen LogP contribution >= 0.6 is 0 Å². The Labute approximate surface area is 208 Å². The number of nitrogens with two attached hydrogens (primary N) is 1. The Balaban J connectivity index is 1.37. The molecule has 8 heteroatoms. The lowest BCUT2D eigenvalue weighted by atomic mass is 9.97. The van der Waals surface area contributed by atoms with E-state index in [1.165, 1.54) is 0 Å². The zero-order valence-corrected chi connectivity index (χ0v) is 21.6. The van der Waals surface area contributed by atoms with Gasteiger partial charge in [-0.25, -0.2) is 14.4 Å². The highest BCUT2D eigenvalue weighted by Gasteiger charge is 2.34. The minimum absolute atomic E-state index is 0.0899. The van der Waals surface area contributed by atoms with E-state index in [2.05, 4.69) is 38.2 Å². The number of rotatable bonds is 7. The third-order valence-electron chi connectivity index (χ3n) is 7.51. The maximum absolute atomic E-state index is 14.3. The third-order valence-corrected chi connectivity index (χ3v) is 7.51. The lowest BCUT2D eigenvalue weighted by Crippen LogP contribution is -2.58. The van der Waals surface area contributed by atoms with Crippen LogP contribution in [0.15, 0.2) is 24.8 Å². The van der Waals surface area contributed by atoms with E-state index < -0.39 is 0 Å². The summed E-state index contributed by atoms with van der Waals surface area (Å²) in [6.07, 6.45) is 3.30. The number of piperazine rings is 1. The molecule has 0 saturated carbocycles. The van der Waals surface area contributed by atoms with Gasteiger partial charge in [-0.3, -0.25) is 9.80 Å². The molecule has 0 spiro atoms. The number of aromatic nitrogens is 2. The van der Waals surface area contributed by atoms with Crippen LogP contribution in [0.3, 0.4) is 0 Å². The first-order valence-electron chi connectivity index (χ1n) is 12.7. The zero-order chi connectivity index (χ0) is 25.1. The Morgan fingerprint density at radius 2 is 1.91 bits per heavy atom. The largest absolute Gasteiger partial charge is 0.495 e. The highest BCUT2D eigenvalue weighted by Crippen LogP contribution is 2.29. The van der Waals surface area contributed by atoms with Gasteiger partial charge in [0, 0.05) is 43.8 Å². The first-order valence-corrected chi connectivity index (χ1v) is 12.7. The van der Waals surface area contributed by atoms with E-state index in [0.29, 0.717) is 35.9 Å². The zero-order valence-electron chi connectivity index (χ0n) is 21.6. The van der Waals surface area contributed by atoms with Crippen LogP contribution in [0.4, 0.5) is 16.0 Å². The van der Waals surface area contributed by atoms with Crippen LogP contribution < -0.4 is 10.6 Å². The molecule has 7 nitrogen and oxygen atoms in total. The molecule has 1 aromatic carbocycles. The van der Waals surface area contributed by atoms with Crippen molar-refractivity contribution < 1.29 is 9.13 Å². The third kappa shape index (κ3) is 5.59. The summed E-state index contributed by atoms with van der Waals surface area (Å²) >= 11 is 0. The number of piperidine rings is 1. The maximum Gasteiger partial charge on any atom is 0.155 e. The van der Waals surface area contributed by atoms with E-state index in [1.807, 2.05) is 26.0 Å². The predicted molar refractivity (Wildman–Crippen MR) is 140 cm³/mol. The summed E-state index contributed by atoms with van der Waals surface area (Å²) in [6.45, 7) is 15.5. The standard InChI is InChI=1S/C27H39FN6O/c1-6-22-17-33(27-19(3)30-25(20(4)35-5)26(29)31-27)13-14-34(22)23-9-11-32(12-10-23)16-21-8-7-18(2)15-24(21)28/h7-8,15,22-23H,4,6,9-14,16-17H2,1-3,5H3,(H2,29,31). The fraction of sp³-hybridized carbons (Fsp3) is 0.556. The van der Waals surface area contributed by atoms with Crippen molar-refractivity contribution in [1.82, 2.24) is 19.8 Å². The van der Waals surface area contributed by atoms with E-state index in [0.717, 1.165) is 74.6 Å². The molecule has 4 rings (SSSR count). The molecule has 2 saturated heterocycles. The van der Waals surface area contributed by atoms with Gasteiger partial charge in [0.05, 0.1) is 12.8 Å². The Morgan fingerprint density at radius 1 is 1.17 bits per heavy atom. The molecule has 1 unspecified atom stereocenters. The molecule has 3 heterocycles. The summed E-state index contributed by atoms with van der Waals surface area (Å²) in [6, 6.07) is 6.57. The smallest absolute Gasteiger partial charge is 0.155 e. The number of benzene rings is 1. The van der Waals surface area contributed by atoms with Crippen molar-refractivity contribution in [2.24, 2.45) is 0 Å². The van der Waals surface area contributed by atoms with Crippen molar-refractivity contribution in [2.75, 3.05) is 50.5 Å². The van der Waals surface area contributed by atoms with Gasteiger partial charge in [0.2, 0.25) is 0 Å². The Bertz CT molecular complexity index is 1050. The fourth-order valence-corrected chi connectivity index (χ4v) is 5.46. The Morgan fingerprint density at radius 3 is 2.57 bits per heavy atom. The average Bonchev–Trinajstić information content (AvgIpc) is 2.86. The van der Waals surface area contributed by atoms with Gasteiger partial charge in [0.25, 0.3) is 0 Å². The number of nitrogen functional groups attached to an aromatic ring is 1. The van der Waals surface area contributed by atoms with Crippen LogP contribution in [0.25, 0.3) is 5.76 Å². The van der Waals surface area contributed by atoms with Crippen LogP contribution in [0.5, 0.6) is 0 Å². The topological polar surface area (TPSA) is 70.8 Å². The normalized spacial score (nSPS) is 20.3. The van der Waals surface area contributed by atoms with Crippen molar-refractivity contribution in [3.05, 3.63) is 53.1 Å². The summed E-state index contributed by atoms with van der Waals surface area (Å²) in [5, 5.41) is 0. The quantitative estimate of drug-likeness (QED) is 0.598. The van der Waals surface area contributed by atoms with Gasteiger partial charge in [-0.15, -0.1) is 0 Å². The van der Waals surface area contributed by atoms with Gasteiger partial charge in [0.1, 0.15) is 17.3 Å². The molecule has 1 atom stereocenters. The minimum Gasteiger partial charge on any atom is -0.495 e. The minimum atomic E-state index is -0.0899. The first kappa shape index (κ1) is 25.4. The van der Waals surface area contributed by atoms with E-state index in [9.17, 15) is 4.39 Å². The second-order valence-electron chi connectivity index (χ2n) is 9.84. The van der Waals surface area contributed by atoms with Crippen molar-refractivity contribution in [3.63, 3.8) is 0 Å². The van der Waals surface area contributed by atoms with Crippen LogP contribution in [0.1, 0.15) is 48.7 Å². The summed E-state index contributed by atoms with van der Waals surface area (Å²) in [7, 11) is 1.56. The van der Waals surface area contributed by atoms with Crippen LogP contribution in [-0.2, 0) is 11.3 Å². The number of nitrogens with zero attached hydrogens (tertiary/aromatic N) is 5. The summed E-state index contributed by atoms with van der Waals surface area (Å²) in [5.74, 6) is 1.54. The van der Waals surface area contributed by atoms with Gasteiger partial charge in [0.15, 0.2) is 11.6 Å². The molecule has 0 amide bonds. The number of methoxy groups -OCH3 is 1. The fourth-order valence-electron chi connectivity index (χ4n) is 5.46. The van der Waals surface area contributed by atoms with E-state index in [1.54, 1.807) is 13.2 Å². The summed E-state index contributed by atoms with van der Waals surface area (Å²) < 4.78 is 19.5. The monoisotopic (exact) mass is 482 g/mol. The highest BCUT2D eigenvalue weighted by atomic mass is 19.1. The second kappa shape index (κ2) is 10.9. The highest BCUT2D eigenvalue weighted by molar-refractivity contribution is 5.66.